The van der Waals surface area contributed by atoms with Gasteiger partial charge in [-0.05, 0) is 0 Å². The summed E-state index contributed by atoms with van der Waals surface area (Å²) in [6.45, 7) is 3.93. The number of unbranched alkanes of at least 4 members (excludes halogenated alkanes) is 1. The van der Waals surface area contributed by atoms with Crippen molar-refractivity contribution in [2.45, 2.75) is 59.7 Å². The molecule has 1 saturated carbocycles. The van der Waals surface area contributed by atoms with Crippen LogP contribution in [0.5, 0.6) is 0 Å². The first-order valence-corrected chi connectivity index (χ1v) is 9.23. The Labute approximate surface area is 103 Å². The number of rotatable bonds is 4. The minimum absolute atomic E-state index is 0.125. The molecule has 0 aromatic carbocycles. The van der Waals surface area contributed by atoms with Crippen LogP contribution in [0.15, 0.2) is 0 Å². The van der Waals surface area contributed by atoms with E-state index in [9.17, 15) is 0 Å². The second-order valence-electron chi connectivity index (χ2n) is 4.55. The van der Waals surface area contributed by atoms with Crippen molar-refractivity contribution < 1.29 is 9.47 Å². The molecule has 1 atom stereocenters. The van der Waals surface area contributed by atoms with Crippen molar-refractivity contribution in [1.29, 1.82) is 0 Å². The molecule has 0 N–H and O–H groups in total. The molecule has 0 amide bonds. The molecule has 0 bridgehead atoms. The molecule has 2 aliphatic rings. The average molecular weight is 326 g/mol. The monoisotopic (exact) mass is 328 g/mol. The molecule has 15 heavy (non-hydrogen) atoms. The van der Waals surface area contributed by atoms with E-state index >= 15 is 0 Å². The van der Waals surface area contributed by atoms with Gasteiger partial charge in [-0.3, -0.25) is 0 Å². The predicted molar refractivity (Wildman–Crippen MR) is 62.3 cm³/mol. The summed E-state index contributed by atoms with van der Waals surface area (Å²) in [6, 6.07) is 0. The van der Waals surface area contributed by atoms with Crippen LogP contribution in [0.1, 0.15) is 45.4 Å². The molecule has 1 aliphatic heterocycles. The zero-order valence-electron chi connectivity index (χ0n) is 9.67. The van der Waals surface area contributed by atoms with Gasteiger partial charge < -0.3 is 0 Å². The van der Waals surface area contributed by atoms with E-state index in [4.69, 9.17) is 9.47 Å². The van der Waals surface area contributed by atoms with Crippen LogP contribution in [-0.2, 0) is 9.47 Å². The Morgan fingerprint density at radius 1 is 1.33 bits per heavy atom. The quantitative estimate of drug-likeness (QED) is 0.584. The van der Waals surface area contributed by atoms with Gasteiger partial charge in [-0.1, -0.05) is 0 Å². The summed E-state index contributed by atoms with van der Waals surface area (Å²) in [7, 11) is 0. The van der Waals surface area contributed by atoms with E-state index < -0.39 is 0 Å². The van der Waals surface area contributed by atoms with Gasteiger partial charge in [0.2, 0.25) is 0 Å². The van der Waals surface area contributed by atoms with Crippen molar-refractivity contribution in [2.75, 3.05) is 13.2 Å². The van der Waals surface area contributed by atoms with Gasteiger partial charge in [0.1, 0.15) is 0 Å². The third-order valence-electron chi connectivity index (χ3n) is 3.29. The first-order chi connectivity index (χ1) is 7.35. The Morgan fingerprint density at radius 2 is 2.13 bits per heavy atom. The van der Waals surface area contributed by atoms with Crippen molar-refractivity contribution >= 4 is 20.9 Å². The third-order valence-corrected chi connectivity index (χ3v) is 7.28. The predicted octanol–water partition coefficient (Wildman–Crippen LogP) is 3.01. The van der Waals surface area contributed by atoms with Crippen molar-refractivity contribution in [3.8, 4) is 0 Å². The second-order valence-corrected chi connectivity index (χ2v) is 8.57. The van der Waals surface area contributed by atoms with Crippen molar-refractivity contribution in [1.82, 2.24) is 0 Å². The van der Waals surface area contributed by atoms with E-state index in [0.29, 0.717) is 0 Å². The van der Waals surface area contributed by atoms with Gasteiger partial charge in [0.05, 0.1) is 0 Å². The number of ether oxygens (including phenoxy) is 2. The third kappa shape index (κ3) is 3.33. The van der Waals surface area contributed by atoms with Crippen LogP contribution in [0.2, 0.25) is 8.43 Å². The Hall–Kier alpha value is 0.710. The molecule has 1 saturated heterocycles. The van der Waals surface area contributed by atoms with Crippen LogP contribution in [0.25, 0.3) is 0 Å². The summed E-state index contributed by atoms with van der Waals surface area (Å²) in [6.07, 6.45) is 7.91. The van der Waals surface area contributed by atoms with Gasteiger partial charge in [0, 0.05) is 0 Å². The van der Waals surface area contributed by atoms with E-state index in [2.05, 4.69) is 6.92 Å². The Morgan fingerprint density at radius 3 is 2.87 bits per heavy atom. The molecule has 1 aliphatic carbocycles. The van der Waals surface area contributed by atoms with E-state index in [1.54, 1.807) is 0 Å². The van der Waals surface area contributed by atoms with Crippen LogP contribution in [-0.4, -0.2) is 39.9 Å². The molecule has 0 aromatic heterocycles. The summed E-state index contributed by atoms with van der Waals surface area (Å²) in [5.41, 5.74) is 0. The normalized spacial score (nSPS) is 29.8. The fourth-order valence-corrected chi connectivity index (χ4v) is 6.71. The maximum absolute atomic E-state index is 5.82. The molecule has 0 radical (unpaired) electrons. The Balaban J connectivity index is 1.76. The number of hydrogen-bond acceptors (Lipinski definition) is 2. The second kappa shape index (κ2) is 5.87. The first-order valence-electron chi connectivity index (χ1n) is 6.24. The van der Waals surface area contributed by atoms with E-state index in [-0.39, 0.29) is 26.7 Å². The van der Waals surface area contributed by atoms with Crippen LogP contribution in [0.3, 0.4) is 0 Å². The van der Waals surface area contributed by atoms with Gasteiger partial charge >= 0.3 is 103 Å². The SMILES string of the molecule is CCCC[Te]C1CCCC2(C1)OCCO2. The van der Waals surface area contributed by atoms with E-state index in [1.165, 1.54) is 36.6 Å². The molecule has 2 rings (SSSR count). The molecule has 2 fully saturated rings. The molecule has 0 aromatic rings. The topological polar surface area (TPSA) is 18.5 Å². The molecular formula is C12H22O2Te. The Bertz CT molecular complexity index is 190. The molecule has 2 nitrogen and oxygen atoms in total. The van der Waals surface area contributed by atoms with Gasteiger partial charge in [0.25, 0.3) is 0 Å². The summed E-state index contributed by atoms with van der Waals surface area (Å²) in [4.78, 5) is 0. The fourth-order valence-electron chi connectivity index (χ4n) is 2.45. The fraction of sp³-hybridized carbons (Fsp3) is 1.00. The molecule has 88 valence electrons. The van der Waals surface area contributed by atoms with Gasteiger partial charge in [-0.25, -0.2) is 0 Å². The maximum atomic E-state index is 5.82. The van der Waals surface area contributed by atoms with E-state index in [0.717, 1.165) is 23.6 Å². The van der Waals surface area contributed by atoms with Gasteiger partial charge in [-0.2, -0.15) is 0 Å². The van der Waals surface area contributed by atoms with Crippen molar-refractivity contribution in [3.63, 3.8) is 0 Å². The van der Waals surface area contributed by atoms with Crippen LogP contribution < -0.4 is 0 Å². The van der Waals surface area contributed by atoms with Gasteiger partial charge in [0.15, 0.2) is 0 Å². The van der Waals surface area contributed by atoms with Crippen molar-refractivity contribution in [3.05, 3.63) is 0 Å². The zero-order valence-corrected chi connectivity index (χ0v) is 12.0. The minimum atomic E-state index is -0.125. The molecule has 1 unspecified atom stereocenters. The van der Waals surface area contributed by atoms with Gasteiger partial charge in [-0.15, -0.1) is 0 Å². The summed E-state index contributed by atoms with van der Waals surface area (Å²) >= 11 is 0.214. The standard InChI is InChI=1S/C12H22O2Te/c1-2-3-9-15-11-5-4-6-12(10-11)13-7-8-14-12/h11H,2-10H2,1H3. The number of hydrogen-bond donors (Lipinski definition) is 0. The van der Waals surface area contributed by atoms with Crippen molar-refractivity contribution in [2.24, 2.45) is 0 Å². The zero-order chi connectivity index (χ0) is 10.6. The summed E-state index contributed by atoms with van der Waals surface area (Å²) in [5, 5.41) is 0. The molecule has 1 spiro atoms. The molecular weight excluding hydrogens is 304 g/mol. The first kappa shape index (κ1) is 12.2. The van der Waals surface area contributed by atoms with Crippen LogP contribution in [0.4, 0.5) is 0 Å². The summed E-state index contributed by atoms with van der Waals surface area (Å²) in [5.74, 6) is -0.125. The summed E-state index contributed by atoms with van der Waals surface area (Å²) < 4.78 is 14.1. The average Bonchev–Trinajstić information content (AvgIpc) is 2.67. The molecule has 3 heteroatoms. The Kier molecular flexibility index (Phi) is 4.76. The van der Waals surface area contributed by atoms with E-state index in [1.807, 2.05) is 0 Å². The van der Waals surface area contributed by atoms with Crippen LogP contribution >= 0.6 is 0 Å². The van der Waals surface area contributed by atoms with Crippen LogP contribution in [0, 0.1) is 0 Å². The molecule has 1 heterocycles.